The van der Waals surface area contributed by atoms with E-state index in [-0.39, 0.29) is 17.3 Å². The highest BCUT2D eigenvalue weighted by molar-refractivity contribution is 6.31. The molecular formula is C14H11ClF2O. The van der Waals surface area contributed by atoms with Gasteiger partial charge in [-0.2, -0.15) is 0 Å². The van der Waals surface area contributed by atoms with Gasteiger partial charge >= 0.3 is 0 Å². The van der Waals surface area contributed by atoms with Crippen LogP contribution in [0.5, 0.6) is 0 Å². The molecule has 0 fully saturated rings. The maximum absolute atomic E-state index is 13.0. The van der Waals surface area contributed by atoms with Crippen molar-refractivity contribution in [2.45, 2.75) is 12.5 Å². The van der Waals surface area contributed by atoms with Crippen LogP contribution in [0, 0.1) is 11.6 Å². The van der Waals surface area contributed by atoms with Crippen molar-refractivity contribution in [2.75, 3.05) is 0 Å². The summed E-state index contributed by atoms with van der Waals surface area (Å²) in [5.41, 5.74) is 1.09. The van der Waals surface area contributed by atoms with Crippen LogP contribution in [0.2, 0.25) is 5.02 Å². The van der Waals surface area contributed by atoms with Crippen LogP contribution in [0.4, 0.5) is 8.78 Å². The Hall–Kier alpha value is -1.45. The monoisotopic (exact) mass is 268 g/mol. The molecule has 2 aromatic carbocycles. The van der Waals surface area contributed by atoms with Gasteiger partial charge in [-0.25, -0.2) is 8.78 Å². The number of aliphatic hydroxyl groups excluding tert-OH is 1. The average molecular weight is 269 g/mol. The van der Waals surface area contributed by atoms with E-state index in [4.69, 9.17) is 11.6 Å². The van der Waals surface area contributed by atoms with Gasteiger partial charge in [0.25, 0.3) is 0 Å². The molecule has 0 aliphatic carbocycles. The summed E-state index contributed by atoms with van der Waals surface area (Å²) in [5.74, 6) is -0.813. The molecule has 0 aliphatic heterocycles. The molecule has 2 aromatic rings. The molecule has 0 saturated heterocycles. The maximum atomic E-state index is 13.0. The van der Waals surface area contributed by atoms with E-state index < -0.39 is 11.9 Å². The third-order valence-electron chi connectivity index (χ3n) is 2.64. The van der Waals surface area contributed by atoms with Gasteiger partial charge in [0.05, 0.1) is 6.10 Å². The lowest BCUT2D eigenvalue weighted by Gasteiger charge is -2.12. The van der Waals surface area contributed by atoms with E-state index in [9.17, 15) is 13.9 Å². The molecule has 0 bridgehead atoms. The van der Waals surface area contributed by atoms with E-state index in [1.807, 2.05) is 0 Å². The van der Waals surface area contributed by atoms with Gasteiger partial charge in [0, 0.05) is 11.4 Å². The minimum absolute atomic E-state index is 0.166. The van der Waals surface area contributed by atoms with E-state index in [2.05, 4.69) is 0 Å². The largest absolute Gasteiger partial charge is 0.388 e. The molecule has 0 heterocycles. The number of hydrogen-bond acceptors (Lipinski definition) is 1. The van der Waals surface area contributed by atoms with Gasteiger partial charge in [0.15, 0.2) is 0 Å². The first-order valence-corrected chi connectivity index (χ1v) is 5.81. The van der Waals surface area contributed by atoms with Crippen molar-refractivity contribution in [3.63, 3.8) is 0 Å². The van der Waals surface area contributed by atoms with Crippen LogP contribution in [-0.2, 0) is 6.42 Å². The molecule has 1 unspecified atom stereocenters. The molecule has 18 heavy (non-hydrogen) atoms. The van der Waals surface area contributed by atoms with Crippen molar-refractivity contribution in [3.8, 4) is 0 Å². The quantitative estimate of drug-likeness (QED) is 0.895. The second-order valence-corrected chi connectivity index (χ2v) is 4.42. The third-order valence-corrected chi connectivity index (χ3v) is 2.97. The molecular weight excluding hydrogens is 258 g/mol. The SMILES string of the molecule is OC(Cc1cccc(F)c1)c1ccc(F)cc1Cl. The zero-order valence-electron chi connectivity index (χ0n) is 9.41. The Morgan fingerprint density at radius 3 is 2.44 bits per heavy atom. The summed E-state index contributed by atoms with van der Waals surface area (Å²) < 4.78 is 25.9. The summed E-state index contributed by atoms with van der Waals surface area (Å²) in [7, 11) is 0. The zero-order valence-corrected chi connectivity index (χ0v) is 10.2. The molecule has 0 aromatic heterocycles. The van der Waals surface area contributed by atoms with E-state index in [0.717, 1.165) is 6.07 Å². The fraction of sp³-hybridized carbons (Fsp3) is 0.143. The summed E-state index contributed by atoms with van der Waals surface area (Å²) in [5, 5.41) is 10.2. The average Bonchev–Trinajstić information content (AvgIpc) is 2.28. The van der Waals surface area contributed by atoms with Crippen molar-refractivity contribution in [1.82, 2.24) is 0 Å². The number of hydrogen-bond donors (Lipinski definition) is 1. The summed E-state index contributed by atoms with van der Waals surface area (Å²) in [6.45, 7) is 0. The van der Waals surface area contributed by atoms with Gasteiger partial charge in [-0.15, -0.1) is 0 Å². The number of rotatable bonds is 3. The minimum atomic E-state index is -0.889. The number of halogens is 3. The van der Waals surface area contributed by atoms with Gasteiger partial charge in [0.1, 0.15) is 11.6 Å². The predicted molar refractivity (Wildman–Crippen MR) is 66.5 cm³/mol. The molecule has 1 N–H and O–H groups in total. The first-order chi connectivity index (χ1) is 8.56. The molecule has 4 heteroatoms. The Labute approximate surface area is 109 Å². The Balaban J connectivity index is 2.19. The van der Waals surface area contributed by atoms with Crippen LogP contribution >= 0.6 is 11.6 Å². The van der Waals surface area contributed by atoms with Crippen LogP contribution in [0.25, 0.3) is 0 Å². The molecule has 0 spiro atoms. The van der Waals surface area contributed by atoms with Gasteiger partial charge in [-0.05, 0) is 35.4 Å². The van der Waals surface area contributed by atoms with E-state index >= 15 is 0 Å². The first kappa shape index (κ1) is 13.0. The Morgan fingerprint density at radius 1 is 1.06 bits per heavy atom. The second-order valence-electron chi connectivity index (χ2n) is 4.02. The topological polar surface area (TPSA) is 20.2 Å². The number of aliphatic hydroxyl groups is 1. The van der Waals surface area contributed by atoms with Gasteiger partial charge in [-0.3, -0.25) is 0 Å². The van der Waals surface area contributed by atoms with Crippen molar-refractivity contribution < 1.29 is 13.9 Å². The molecule has 1 atom stereocenters. The van der Waals surface area contributed by atoms with Crippen LogP contribution in [0.3, 0.4) is 0 Å². The van der Waals surface area contributed by atoms with Crippen LogP contribution in [0.1, 0.15) is 17.2 Å². The second kappa shape index (κ2) is 5.46. The zero-order chi connectivity index (χ0) is 13.1. The smallest absolute Gasteiger partial charge is 0.124 e. The molecule has 2 rings (SSSR count). The van der Waals surface area contributed by atoms with Gasteiger partial charge in [-0.1, -0.05) is 29.8 Å². The summed E-state index contributed by atoms with van der Waals surface area (Å²) >= 11 is 5.85. The summed E-state index contributed by atoms with van der Waals surface area (Å²) in [4.78, 5) is 0. The highest BCUT2D eigenvalue weighted by Gasteiger charge is 2.13. The Morgan fingerprint density at radius 2 is 1.78 bits per heavy atom. The van der Waals surface area contributed by atoms with Crippen LogP contribution in [0.15, 0.2) is 42.5 Å². The molecule has 94 valence electrons. The Bertz CT molecular complexity index is 557. The van der Waals surface area contributed by atoms with Crippen molar-refractivity contribution >= 4 is 11.6 Å². The fourth-order valence-electron chi connectivity index (χ4n) is 1.77. The molecule has 0 amide bonds. The lowest BCUT2D eigenvalue weighted by molar-refractivity contribution is 0.178. The van der Waals surface area contributed by atoms with Crippen molar-refractivity contribution in [3.05, 3.63) is 70.2 Å². The molecule has 0 saturated carbocycles. The molecule has 1 nitrogen and oxygen atoms in total. The van der Waals surface area contributed by atoms with E-state index in [1.165, 1.54) is 24.3 Å². The maximum Gasteiger partial charge on any atom is 0.124 e. The highest BCUT2D eigenvalue weighted by Crippen LogP contribution is 2.26. The predicted octanol–water partition coefficient (Wildman–Crippen LogP) is 3.89. The van der Waals surface area contributed by atoms with E-state index in [0.29, 0.717) is 11.1 Å². The number of benzene rings is 2. The van der Waals surface area contributed by atoms with Crippen molar-refractivity contribution in [1.29, 1.82) is 0 Å². The van der Waals surface area contributed by atoms with Crippen LogP contribution < -0.4 is 0 Å². The van der Waals surface area contributed by atoms with Crippen molar-refractivity contribution in [2.24, 2.45) is 0 Å². The lowest BCUT2D eigenvalue weighted by Crippen LogP contribution is -2.03. The van der Waals surface area contributed by atoms with E-state index in [1.54, 1.807) is 12.1 Å². The standard InChI is InChI=1S/C14H11ClF2O/c15-13-8-11(17)4-5-12(13)14(18)7-9-2-1-3-10(16)6-9/h1-6,8,14,18H,7H2. The van der Waals surface area contributed by atoms with Gasteiger partial charge < -0.3 is 5.11 Å². The summed E-state index contributed by atoms with van der Waals surface area (Å²) in [6.07, 6.45) is -0.664. The molecule has 0 radical (unpaired) electrons. The van der Waals surface area contributed by atoms with Gasteiger partial charge in [0.2, 0.25) is 0 Å². The van der Waals surface area contributed by atoms with Crippen LogP contribution in [-0.4, -0.2) is 5.11 Å². The molecule has 0 aliphatic rings. The summed E-state index contributed by atoms with van der Waals surface area (Å²) in [6, 6.07) is 9.78. The fourth-order valence-corrected chi connectivity index (χ4v) is 2.06. The first-order valence-electron chi connectivity index (χ1n) is 5.44. The normalized spacial score (nSPS) is 12.4. The Kier molecular flexibility index (Phi) is 3.94. The minimum Gasteiger partial charge on any atom is -0.388 e. The highest BCUT2D eigenvalue weighted by atomic mass is 35.5. The lowest BCUT2D eigenvalue weighted by atomic mass is 10.0. The third kappa shape index (κ3) is 3.06.